The molecule has 0 aliphatic carbocycles. The molecule has 0 aliphatic rings. The number of unbranched alkanes of at least 4 members (excludes halogenated alkanes) is 14. The number of hydrogen-bond donors (Lipinski definition) is 0. The smallest absolute Gasteiger partial charge is 0.308 e. The van der Waals surface area contributed by atoms with Gasteiger partial charge in [-0.25, -0.2) is 0 Å². The largest absolute Gasteiger partial charge is 0.466 e. The van der Waals surface area contributed by atoms with Crippen molar-refractivity contribution in [2.24, 2.45) is 11.3 Å². The Kier molecular flexibility index (Phi) is 40.1. The summed E-state index contributed by atoms with van der Waals surface area (Å²) in [6, 6.07) is 0.321. The standard InChI is InChI=1S/C52H95NO12/c1-8-13-17-19-21-25-38-60-46(54)32-27-34-48(56)62-40-52(42-64-50(58)36-29-37-53(12-5)44(6)7,43-65-51(59)45(30-23-15-10-3)31-24-16-11-4)41-63-49(57)35-28-33-47(55)61-39-26-22-20-18-14-9-2/h44-45H,8-43H2,1-7H3. The van der Waals surface area contributed by atoms with Gasteiger partial charge in [-0.1, -0.05) is 137 Å². The second-order valence-corrected chi connectivity index (χ2v) is 18.3. The Balaban J connectivity index is 5.98. The Labute approximate surface area is 395 Å². The number of rotatable bonds is 45. The minimum absolute atomic E-state index is 0.0548. The van der Waals surface area contributed by atoms with Crippen LogP contribution in [0.4, 0.5) is 0 Å². The molecule has 0 fully saturated rings. The Bertz CT molecular complexity index is 1180. The summed E-state index contributed by atoms with van der Waals surface area (Å²) in [4.78, 5) is 80.3. The number of carbonyl (C=O) groups is 6. The molecule has 65 heavy (non-hydrogen) atoms. The van der Waals surface area contributed by atoms with Crippen molar-refractivity contribution >= 4 is 35.8 Å². The molecule has 0 saturated heterocycles. The highest BCUT2D eigenvalue weighted by atomic mass is 16.6. The van der Waals surface area contributed by atoms with Gasteiger partial charge in [0.25, 0.3) is 0 Å². The van der Waals surface area contributed by atoms with Crippen LogP contribution in [0.25, 0.3) is 0 Å². The van der Waals surface area contributed by atoms with Crippen LogP contribution in [-0.2, 0) is 57.2 Å². The van der Waals surface area contributed by atoms with Crippen molar-refractivity contribution in [3.05, 3.63) is 0 Å². The summed E-state index contributed by atoms with van der Waals surface area (Å²) in [7, 11) is 0. The van der Waals surface area contributed by atoms with Crippen LogP contribution in [0.15, 0.2) is 0 Å². The zero-order valence-electron chi connectivity index (χ0n) is 42.5. The van der Waals surface area contributed by atoms with E-state index in [0.29, 0.717) is 45.1 Å². The fraction of sp³-hybridized carbons (Fsp3) is 0.885. The Hall–Kier alpha value is -3.22. The maximum Gasteiger partial charge on any atom is 0.308 e. The molecule has 0 radical (unpaired) electrons. The number of nitrogens with zero attached hydrogens (tertiary/aromatic N) is 1. The van der Waals surface area contributed by atoms with Crippen molar-refractivity contribution in [1.82, 2.24) is 4.90 Å². The molecule has 0 spiro atoms. The van der Waals surface area contributed by atoms with E-state index in [1.807, 2.05) is 0 Å². The summed E-state index contributed by atoms with van der Waals surface area (Å²) in [6.45, 7) is 15.7. The van der Waals surface area contributed by atoms with Gasteiger partial charge in [0.2, 0.25) is 0 Å². The molecule has 0 unspecified atom stereocenters. The molecule has 0 atom stereocenters. The van der Waals surface area contributed by atoms with Gasteiger partial charge in [-0.2, -0.15) is 0 Å². The van der Waals surface area contributed by atoms with Gasteiger partial charge in [0.15, 0.2) is 0 Å². The van der Waals surface area contributed by atoms with Crippen LogP contribution in [0.1, 0.15) is 228 Å². The lowest BCUT2D eigenvalue weighted by Crippen LogP contribution is -2.44. The quantitative estimate of drug-likeness (QED) is 0.0323. The molecule has 0 bridgehead atoms. The summed E-state index contributed by atoms with van der Waals surface area (Å²) >= 11 is 0. The third kappa shape index (κ3) is 35.6. The minimum Gasteiger partial charge on any atom is -0.466 e. The number of ether oxygens (including phenoxy) is 6. The molecule has 0 saturated carbocycles. The maximum atomic E-state index is 13.8. The molecule has 0 rings (SSSR count). The van der Waals surface area contributed by atoms with Crippen molar-refractivity contribution in [1.29, 1.82) is 0 Å². The van der Waals surface area contributed by atoms with E-state index in [1.165, 1.54) is 38.5 Å². The van der Waals surface area contributed by atoms with E-state index < -0.39 is 29.3 Å². The van der Waals surface area contributed by atoms with Gasteiger partial charge >= 0.3 is 35.8 Å². The van der Waals surface area contributed by atoms with Gasteiger partial charge in [0, 0.05) is 38.1 Å². The first kappa shape index (κ1) is 61.8. The summed E-state index contributed by atoms with van der Waals surface area (Å²) in [5.74, 6) is -3.16. The second-order valence-electron chi connectivity index (χ2n) is 18.3. The lowest BCUT2D eigenvalue weighted by atomic mass is 9.91. The topological polar surface area (TPSA) is 161 Å². The fourth-order valence-corrected chi connectivity index (χ4v) is 7.41. The van der Waals surface area contributed by atoms with E-state index >= 15 is 0 Å². The van der Waals surface area contributed by atoms with Crippen molar-refractivity contribution in [2.45, 2.75) is 234 Å². The van der Waals surface area contributed by atoms with E-state index in [-0.39, 0.29) is 89.2 Å². The van der Waals surface area contributed by atoms with Crippen molar-refractivity contribution < 1.29 is 57.2 Å². The summed E-state index contributed by atoms with van der Waals surface area (Å²) in [5, 5.41) is 0. The van der Waals surface area contributed by atoms with Crippen LogP contribution >= 0.6 is 0 Å². The Morgan fingerprint density at radius 2 is 0.738 bits per heavy atom. The highest BCUT2D eigenvalue weighted by Gasteiger charge is 2.38. The molecular formula is C52H95NO12. The van der Waals surface area contributed by atoms with E-state index in [0.717, 1.165) is 83.6 Å². The highest BCUT2D eigenvalue weighted by Crippen LogP contribution is 2.26. The average molecular weight is 926 g/mol. The molecular weight excluding hydrogens is 831 g/mol. The molecule has 0 aliphatic heterocycles. The lowest BCUT2D eigenvalue weighted by Gasteiger charge is -2.32. The van der Waals surface area contributed by atoms with Crippen LogP contribution < -0.4 is 0 Å². The zero-order chi connectivity index (χ0) is 48.4. The highest BCUT2D eigenvalue weighted by molar-refractivity contribution is 5.74. The van der Waals surface area contributed by atoms with Crippen LogP contribution in [0.3, 0.4) is 0 Å². The van der Waals surface area contributed by atoms with Crippen molar-refractivity contribution in [2.75, 3.05) is 52.7 Å². The number of hydrogen-bond acceptors (Lipinski definition) is 13. The number of carbonyl (C=O) groups excluding carboxylic acids is 6. The van der Waals surface area contributed by atoms with Gasteiger partial charge in [-0.05, 0) is 71.9 Å². The molecule has 0 aromatic heterocycles. The van der Waals surface area contributed by atoms with Crippen LogP contribution in [0, 0.1) is 11.3 Å². The van der Waals surface area contributed by atoms with Gasteiger partial charge in [0.05, 0.1) is 19.1 Å². The summed E-state index contributed by atoms with van der Waals surface area (Å²) in [6.07, 6.45) is 21.1. The first-order valence-corrected chi connectivity index (χ1v) is 26.0. The van der Waals surface area contributed by atoms with Crippen molar-refractivity contribution in [3.8, 4) is 0 Å². The number of esters is 6. The molecule has 0 amide bonds. The Morgan fingerprint density at radius 3 is 1.12 bits per heavy atom. The SMILES string of the molecule is CCCCCCCCOC(=O)CCCC(=O)OCC(COC(=O)CCCC(=O)OCCCCCCCC)(COC(=O)CCCN(CC)C(C)C)COC(=O)C(CCCCC)CCCCC. The molecule has 13 heteroatoms. The first-order chi connectivity index (χ1) is 31.4. The molecule has 380 valence electrons. The zero-order valence-corrected chi connectivity index (χ0v) is 42.5. The monoisotopic (exact) mass is 926 g/mol. The van der Waals surface area contributed by atoms with Gasteiger partial charge in [0.1, 0.15) is 31.8 Å². The normalized spacial score (nSPS) is 11.5. The third-order valence-corrected chi connectivity index (χ3v) is 11.8. The lowest BCUT2D eigenvalue weighted by molar-refractivity contribution is -0.172. The summed E-state index contributed by atoms with van der Waals surface area (Å²) in [5.41, 5.74) is -1.42. The van der Waals surface area contributed by atoms with E-state index in [4.69, 9.17) is 28.4 Å². The third-order valence-electron chi connectivity index (χ3n) is 11.8. The second kappa shape index (κ2) is 42.2. The van der Waals surface area contributed by atoms with Gasteiger partial charge < -0.3 is 33.3 Å². The predicted molar refractivity (Wildman–Crippen MR) is 256 cm³/mol. The van der Waals surface area contributed by atoms with Crippen LogP contribution in [-0.4, -0.2) is 99.5 Å². The van der Waals surface area contributed by atoms with E-state index in [9.17, 15) is 28.8 Å². The van der Waals surface area contributed by atoms with E-state index in [1.54, 1.807) is 0 Å². The van der Waals surface area contributed by atoms with Gasteiger partial charge in [-0.3, -0.25) is 28.8 Å². The van der Waals surface area contributed by atoms with E-state index in [2.05, 4.69) is 53.4 Å². The first-order valence-electron chi connectivity index (χ1n) is 26.0. The average Bonchev–Trinajstić information content (AvgIpc) is 3.28. The molecule has 0 aromatic rings. The molecule has 0 heterocycles. The summed E-state index contributed by atoms with van der Waals surface area (Å²) < 4.78 is 34.1. The van der Waals surface area contributed by atoms with Gasteiger partial charge in [-0.15, -0.1) is 0 Å². The van der Waals surface area contributed by atoms with Crippen molar-refractivity contribution in [3.63, 3.8) is 0 Å². The molecule has 13 nitrogen and oxygen atoms in total. The Morgan fingerprint density at radius 1 is 0.400 bits per heavy atom. The van der Waals surface area contributed by atoms with Crippen LogP contribution in [0.5, 0.6) is 0 Å². The van der Waals surface area contributed by atoms with Crippen LogP contribution in [0.2, 0.25) is 0 Å². The molecule has 0 aromatic carbocycles. The predicted octanol–water partition coefficient (Wildman–Crippen LogP) is 11.6. The minimum atomic E-state index is -1.42. The maximum absolute atomic E-state index is 13.8. The molecule has 0 N–H and O–H groups in total. The fourth-order valence-electron chi connectivity index (χ4n) is 7.41.